The van der Waals surface area contributed by atoms with E-state index < -0.39 is 0 Å². The van der Waals surface area contributed by atoms with Crippen LogP contribution in [0.1, 0.15) is 39.0 Å². The van der Waals surface area contributed by atoms with Crippen LogP contribution in [0.5, 0.6) is 0 Å². The second-order valence-electron chi connectivity index (χ2n) is 3.47. The van der Waals surface area contributed by atoms with E-state index in [1.807, 2.05) is 0 Å². The molecule has 1 fully saturated rings. The first kappa shape index (κ1) is 11.0. The molecule has 0 spiro atoms. The third-order valence-electron chi connectivity index (χ3n) is 2.21. The lowest BCUT2D eigenvalue weighted by atomic mass is 10.1. The first-order valence-electron chi connectivity index (χ1n) is 5.32. The Labute approximate surface area is 85.6 Å². The van der Waals surface area contributed by atoms with Crippen molar-refractivity contribution in [1.29, 1.82) is 0 Å². The predicted octanol–water partition coefficient (Wildman–Crippen LogP) is 2.99. The molecule has 0 N–H and O–H groups in total. The standard InChI is InChI=1S/C12H18O2/c1-2-3-4-5-6-7-8-11-9-10-12(13)14-11/h3-4,6-7,11H,2,5,8-10H2,1H3/b4-3+,7-6+. The SMILES string of the molecule is CC/C=C/C/C=C/CC1CCC(=O)O1. The number of hydrogen-bond acceptors (Lipinski definition) is 2. The van der Waals surface area contributed by atoms with Gasteiger partial charge in [0.05, 0.1) is 0 Å². The number of rotatable bonds is 5. The van der Waals surface area contributed by atoms with Gasteiger partial charge in [-0.1, -0.05) is 31.2 Å². The quantitative estimate of drug-likeness (QED) is 0.496. The van der Waals surface area contributed by atoms with E-state index in [0.29, 0.717) is 6.42 Å². The van der Waals surface area contributed by atoms with Gasteiger partial charge in [-0.25, -0.2) is 0 Å². The predicted molar refractivity (Wildman–Crippen MR) is 56.9 cm³/mol. The van der Waals surface area contributed by atoms with Crippen molar-refractivity contribution in [2.45, 2.75) is 45.1 Å². The van der Waals surface area contributed by atoms with Crippen molar-refractivity contribution >= 4 is 5.97 Å². The Hall–Kier alpha value is -1.05. The molecular weight excluding hydrogens is 176 g/mol. The fourth-order valence-corrected chi connectivity index (χ4v) is 1.43. The van der Waals surface area contributed by atoms with Gasteiger partial charge in [0.2, 0.25) is 0 Å². The van der Waals surface area contributed by atoms with Crippen LogP contribution >= 0.6 is 0 Å². The molecule has 0 bridgehead atoms. The highest BCUT2D eigenvalue weighted by atomic mass is 16.5. The third kappa shape index (κ3) is 4.26. The highest BCUT2D eigenvalue weighted by Crippen LogP contribution is 2.16. The molecule has 1 aliphatic rings. The molecule has 1 rings (SSSR count). The summed E-state index contributed by atoms with van der Waals surface area (Å²) < 4.78 is 5.08. The van der Waals surface area contributed by atoms with E-state index >= 15 is 0 Å². The van der Waals surface area contributed by atoms with Gasteiger partial charge in [-0.05, 0) is 19.3 Å². The van der Waals surface area contributed by atoms with Gasteiger partial charge >= 0.3 is 5.97 Å². The van der Waals surface area contributed by atoms with E-state index in [2.05, 4.69) is 31.2 Å². The van der Waals surface area contributed by atoms with Crippen molar-refractivity contribution in [3.8, 4) is 0 Å². The average molecular weight is 194 g/mol. The maximum atomic E-state index is 10.8. The van der Waals surface area contributed by atoms with Crippen LogP contribution < -0.4 is 0 Å². The summed E-state index contributed by atoms with van der Waals surface area (Å²) in [6, 6.07) is 0. The maximum absolute atomic E-state index is 10.8. The fourth-order valence-electron chi connectivity index (χ4n) is 1.43. The Kier molecular flexibility index (Phi) is 5.05. The first-order chi connectivity index (χ1) is 6.83. The Bertz CT molecular complexity index is 228. The monoisotopic (exact) mass is 194 g/mol. The third-order valence-corrected chi connectivity index (χ3v) is 2.21. The highest BCUT2D eigenvalue weighted by molar-refractivity contribution is 5.71. The minimum atomic E-state index is -0.0470. The van der Waals surface area contributed by atoms with E-state index in [4.69, 9.17) is 4.74 Å². The number of allylic oxidation sites excluding steroid dienone is 3. The zero-order chi connectivity index (χ0) is 10.2. The molecule has 2 heteroatoms. The van der Waals surface area contributed by atoms with Crippen molar-refractivity contribution in [2.24, 2.45) is 0 Å². The molecule has 0 aromatic rings. The van der Waals surface area contributed by atoms with Gasteiger partial charge in [0.1, 0.15) is 6.10 Å². The zero-order valence-electron chi connectivity index (χ0n) is 8.74. The van der Waals surface area contributed by atoms with E-state index in [1.165, 1.54) is 0 Å². The summed E-state index contributed by atoms with van der Waals surface area (Å²) in [6.07, 6.45) is 13.1. The van der Waals surface area contributed by atoms with E-state index in [0.717, 1.165) is 25.7 Å². The summed E-state index contributed by atoms with van der Waals surface area (Å²) in [4.78, 5) is 10.8. The topological polar surface area (TPSA) is 26.3 Å². The first-order valence-corrected chi connectivity index (χ1v) is 5.32. The van der Waals surface area contributed by atoms with Gasteiger partial charge in [-0.3, -0.25) is 4.79 Å². The summed E-state index contributed by atoms with van der Waals surface area (Å²) in [6.45, 7) is 2.12. The fraction of sp³-hybridized carbons (Fsp3) is 0.583. The van der Waals surface area contributed by atoms with Crippen LogP contribution in [-0.4, -0.2) is 12.1 Å². The molecule has 1 atom stereocenters. The van der Waals surface area contributed by atoms with Crippen LogP contribution in [0.25, 0.3) is 0 Å². The summed E-state index contributed by atoms with van der Waals surface area (Å²) >= 11 is 0. The van der Waals surface area contributed by atoms with Crippen molar-refractivity contribution in [2.75, 3.05) is 0 Å². The Morgan fingerprint density at radius 3 is 2.79 bits per heavy atom. The van der Waals surface area contributed by atoms with Gasteiger partial charge in [0.15, 0.2) is 0 Å². The smallest absolute Gasteiger partial charge is 0.306 e. The van der Waals surface area contributed by atoms with Gasteiger partial charge in [0, 0.05) is 12.8 Å². The van der Waals surface area contributed by atoms with Gasteiger partial charge < -0.3 is 4.74 Å². The van der Waals surface area contributed by atoms with Crippen molar-refractivity contribution < 1.29 is 9.53 Å². The molecule has 1 saturated heterocycles. The van der Waals surface area contributed by atoms with Gasteiger partial charge in [-0.2, -0.15) is 0 Å². The molecule has 1 unspecified atom stereocenters. The second-order valence-corrected chi connectivity index (χ2v) is 3.47. The molecule has 1 aliphatic heterocycles. The summed E-state index contributed by atoms with van der Waals surface area (Å²) in [5, 5.41) is 0. The summed E-state index contributed by atoms with van der Waals surface area (Å²) in [5.74, 6) is -0.0470. The van der Waals surface area contributed by atoms with Gasteiger partial charge in [0.25, 0.3) is 0 Å². The number of esters is 1. The number of hydrogen-bond donors (Lipinski definition) is 0. The maximum Gasteiger partial charge on any atom is 0.306 e. The molecule has 0 aliphatic carbocycles. The lowest BCUT2D eigenvalue weighted by Crippen LogP contribution is -2.04. The molecule has 0 amide bonds. The number of ether oxygens (including phenoxy) is 1. The lowest BCUT2D eigenvalue weighted by molar-refractivity contribution is -0.141. The molecule has 0 aromatic carbocycles. The molecule has 0 aromatic heterocycles. The van der Waals surface area contributed by atoms with Crippen LogP contribution in [-0.2, 0) is 9.53 Å². The number of carbonyl (C=O) groups is 1. The van der Waals surface area contributed by atoms with E-state index in [9.17, 15) is 4.79 Å². The van der Waals surface area contributed by atoms with Crippen molar-refractivity contribution in [3.05, 3.63) is 24.3 Å². The highest BCUT2D eigenvalue weighted by Gasteiger charge is 2.21. The molecule has 0 radical (unpaired) electrons. The van der Waals surface area contributed by atoms with Crippen LogP contribution in [0.2, 0.25) is 0 Å². The van der Waals surface area contributed by atoms with Crippen molar-refractivity contribution in [3.63, 3.8) is 0 Å². The second kappa shape index (κ2) is 6.41. The molecule has 2 nitrogen and oxygen atoms in total. The van der Waals surface area contributed by atoms with Crippen LogP contribution in [0.15, 0.2) is 24.3 Å². The molecule has 1 heterocycles. The average Bonchev–Trinajstić information content (AvgIpc) is 2.58. The molecule has 0 saturated carbocycles. The van der Waals surface area contributed by atoms with Crippen LogP contribution in [0.3, 0.4) is 0 Å². The minimum Gasteiger partial charge on any atom is -0.462 e. The molecule has 14 heavy (non-hydrogen) atoms. The lowest BCUT2D eigenvalue weighted by Gasteiger charge is -2.03. The van der Waals surface area contributed by atoms with E-state index in [-0.39, 0.29) is 12.1 Å². The number of cyclic esters (lactones) is 1. The Morgan fingerprint density at radius 2 is 2.14 bits per heavy atom. The Balaban J connectivity index is 2.08. The van der Waals surface area contributed by atoms with E-state index in [1.54, 1.807) is 0 Å². The summed E-state index contributed by atoms with van der Waals surface area (Å²) in [7, 11) is 0. The largest absolute Gasteiger partial charge is 0.462 e. The Morgan fingerprint density at radius 1 is 1.36 bits per heavy atom. The van der Waals surface area contributed by atoms with Crippen LogP contribution in [0.4, 0.5) is 0 Å². The van der Waals surface area contributed by atoms with Crippen molar-refractivity contribution in [1.82, 2.24) is 0 Å². The molecule has 78 valence electrons. The zero-order valence-corrected chi connectivity index (χ0v) is 8.74. The van der Waals surface area contributed by atoms with Crippen LogP contribution in [0, 0.1) is 0 Å². The minimum absolute atomic E-state index is 0.0470. The van der Waals surface area contributed by atoms with Gasteiger partial charge in [-0.15, -0.1) is 0 Å². The normalized spacial score (nSPS) is 22.4. The molecular formula is C12H18O2. The number of carbonyl (C=O) groups excluding carboxylic acids is 1. The summed E-state index contributed by atoms with van der Waals surface area (Å²) in [5.41, 5.74) is 0.